The highest BCUT2D eigenvalue weighted by molar-refractivity contribution is 7.89. The number of imidazole rings is 1. The maximum Gasteiger partial charge on any atom is 0.326 e. The van der Waals surface area contributed by atoms with Gasteiger partial charge in [0.25, 0.3) is 0 Å². The van der Waals surface area contributed by atoms with Crippen molar-refractivity contribution in [1.29, 1.82) is 0 Å². The number of aromatic nitrogens is 4. The highest BCUT2D eigenvalue weighted by atomic mass is 32.2. The molecule has 0 amide bonds. The number of aromatic amines is 2. The molecule has 1 aromatic carbocycles. The predicted molar refractivity (Wildman–Crippen MR) is 110 cm³/mol. The number of rotatable bonds is 3. The van der Waals surface area contributed by atoms with Gasteiger partial charge < -0.3 is 9.97 Å². The van der Waals surface area contributed by atoms with Crippen LogP contribution < -0.4 is 5.69 Å². The van der Waals surface area contributed by atoms with E-state index in [9.17, 15) is 13.2 Å². The lowest BCUT2D eigenvalue weighted by molar-refractivity contribution is 0.267. The van der Waals surface area contributed by atoms with Crippen LogP contribution in [0.1, 0.15) is 24.4 Å². The van der Waals surface area contributed by atoms with Gasteiger partial charge in [0.1, 0.15) is 5.65 Å². The van der Waals surface area contributed by atoms with Crippen LogP contribution in [0.2, 0.25) is 0 Å². The molecule has 4 heterocycles. The van der Waals surface area contributed by atoms with Gasteiger partial charge in [-0.1, -0.05) is 18.2 Å². The summed E-state index contributed by atoms with van der Waals surface area (Å²) in [5.41, 5.74) is 2.60. The number of benzene rings is 1. The number of sulfonamides is 1. The van der Waals surface area contributed by atoms with Crippen molar-refractivity contribution in [3.63, 3.8) is 0 Å². The topological polar surface area (TPSA) is 104 Å². The number of nitrogens with zero attached hydrogens (tertiary/aromatic N) is 3. The van der Waals surface area contributed by atoms with Crippen molar-refractivity contribution in [2.24, 2.45) is 0 Å². The maximum absolute atomic E-state index is 13.3. The SMILES string of the molecule is Cc1ccccc1S(=O)(=O)N1CCC[C@@H](n2c(=O)[nH]c3cnc4[nH]ccc4c32)C1. The van der Waals surface area contributed by atoms with Gasteiger partial charge in [-0.05, 0) is 37.5 Å². The molecule has 5 rings (SSSR count). The molecule has 0 saturated carbocycles. The number of aryl methyl sites for hydroxylation is 1. The molecule has 0 unspecified atom stereocenters. The van der Waals surface area contributed by atoms with Crippen LogP contribution in [0, 0.1) is 6.92 Å². The van der Waals surface area contributed by atoms with Crippen LogP contribution in [-0.4, -0.2) is 45.3 Å². The third-order valence-electron chi connectivity index (χ3n) is 5.70. The molecule has 1 fully saturated rings. The minimum Gasteiger partial charge on any atom is -0.346 e. The van der Waals surface area contributed by atoms with E-state index in [2.05, 4.69) is 15.0 Å². The molecule has 9 heteroatoms. The van der Waals surface area contributed by atoms with Gasteiger partial charge in [-0.15, -0.1) is 0 Å². The van der Waals surface area contributed by atoms with Crippen LogP contribution in [-0.2, 0) is 10.0 Å². The van der Waals surface area contributed by atoms with Crippen LogP contribution >= 0.6 is 0 Å². The molecule has 8 nitrogen and oxygen atoms in total. The number of fused-ring (bicyclic) bond motifs is 3. The standard InChI is InChI=1S/C20H21N5O3S/c1-13-5-2-3-7-17(13)29(27,28)24-10-4-6-14(12-24)25-18-15-8-9-21-19(15)22-11-16(18)23-20(25)26/h2-3,5,7-9,11,14H,4,6,10,12H2,1H3,(H,21,22)(H,23,26)/t14-/m1/s1. The average molecular weight is 411 g/mol. The first-order valence-corrected chi connectivity index (χ1v) is 11.0. The van der Waals surface area contributed by atoms with E-state index in [1.165, 1.54) is 4.31 Å². The van der Waals surface area contributed by atoms with Crippen molar-refractivity contribution >= 4 is 32.1 Å². The van der Waals surface area contributed by atoms with E-state index in [1.807, 2.05) is 12.1 Å². The molecule has 3 aromatic heterocycles. The zero-order chi connectivity index (χ0) is 20.2. The molecule has 0 spiro atoms. The summed E-state index contributed by atoms with van der Waals surface area (Å²) in [4.78, 5) is 23.4. The van der Waals surface area contributed by atoms with Crippen molar-refractivity contribution in [1.82, 2.24) is 23.8 Å². The molecular weight excluding hydrogens is 390 g/mol. The molecule has 1 aliphatic rings. The molecule has 2 N–H and O–H groups in total. The number of H-pyrrole nitrogens is 2. The van der Waals surface area contributed by atoms with E-state index in [0.717, 1.165) is 22.9 Å². The molecular formula is C20H21N5O3S. The van der Waals surface area contributed by atoms with Crippen LogP contribution in [0.3, 0.4) is 0 Å². The molecule has 29 heavy (non-hydrogen) atoms. The van der Waals surface area contributed by atoms with Gasteiger partial charge in [0.05, 0.1) is 28.2 Å². The second kappa shape index (κ2) is 6.57. The Hall–Kier alpha value is -2.91. The third kappa shape index (κ3) is 2.80. The minimum absolute atomic E-state index is 0.240. The molecule has 0 radical (unpaired) electrons. The van der Waals surface area contributed by atoms with Gasteiger partial charge in [-0.2, -0.15) is 4.31 Å². The Balaban J connectivity index is 1.59. The number of nitrogens with one attached hydrogen (secondary N) is 2. The Morgan fingerprint density at radius 1 is 1.21 bits per heavy atom. The Morgan fingerprint density at radius 2 is 2.03 bits per heavy atom. The summed E-state index contributed by atoms with van der Waals surface area (Å²) in [6, 6.07) is 8.65. The van der Waals surface area contributed by atoms with Crippen molar-refractivity contribution < 1.29 is 8.42 Å². The monoisotopic (exact) mass is 411 g/mol. The molecule has 150 valence electrons. The first-order chi connectivity index (χ1) is 14.0. The molecule has 0 aliphatic carbocycles. The largest absolute Gasteiger partial charge is 0.346 e. The summed E-state index contributed by atoms with van der Waals surface area (Å²) >= 11 is 0. The second-order valence-electron chi connectivity index (χ2n) is 7.49. The van der Waals surface area contributed by atoms with Crippen molar-refractivity contribution in [2.75, 3.05) is 13.1 Å². The lowest BCUT2D eigenvalue weighted by atomic mass is 10.1. The molecule has 0 bridgehead atoms. The van der Waals surface area contributed by atoms with Crippen LogP contribution in [0.25, 0.3) is 22.1 Å². The fraction of sp³-hybridized carbons (Fsp3) is 0.300. The number of pyridine rings is 1. The smallest absolute Gasteiger partial charge is 0.326 e. The van der Waals surface area contributed by atoms with E-state index < -0.39 is 10.0 Å². The number of piperidine rings is 1. The van der Waals surface area contributed by atoms with E-state index >= 15 is 0 Å². The quantitative estimate of drug-likeness (QED) is 0.541. The summed E-state index contributed by atoms with van der Waals surface area (Å²) in [5.74, 6) is 0. The lowest BCUT2D eigenvalue weighted by Crippen LogP contribution is -2.42. The second-order valence-corrected chi connectivity index (χ2v) is 9.39. The average Bonchev–Trinajstić information content (AvgIpc) is 3.31. The van der Waals surface area contributed by atoms with Gasteiger partial charge in [-0.3, -0.25) is 4.57 Å². The summed E-state index contributed by atoms with van der Waals surface area (Å²) < 4.78 is 29.7. The van der Waals surface area contributed by atoms with Gasteiger partial charge in [-0.25, -0.2) is 18.2 Å². The zero-order valence-corrected chi connectivity index (χ0v) is 16.7. The third-order valence-corrected chi connectivity index (χ3v) is 7.72. The molecule has 1 atom stereocenters. The first-order valence-electron chi connectivity index (χ1n) is 9.59. The number of hydrogen-bond donors (Lipinski definition) is 2. The summed E-state index contributed by atoms with van der Waals surface area (Å²) in [6.07, 6.45) is 4.85. The highest BCUT2D eigenvalue weighted by Gasteiger charge is 2.33. The Labute approximate surface area is 167 Å². The fourth-order valence-corrected chi connectivity index (χ4v) is 6.05. The van der Waals surface area contributed by atoms with Crippen LogP contribution in [0.4, 0.5) is 0 Å². The number of hydrogen-bond acceptors (Lipinski definition) is 4. The van der Waals surface area contributed by atoms with E-state index in [-0.39, 0.29) is 18.3 Å². The van der Waals surface area contributed by atoms with Crippen molar-refractivity contribution in [3.8, 4) is 0 Å². The Kier molecular flexibility index (Phi) is 4.11. The molecule has 4 aromatic rings. The van der Waals surface area contributed by atoms with Gasteiger partial charge in [0.2, 0.25) is 10.0 Å². The Morgan fingerprint density at radius 3 is 2.86 bits per heavy atom. The Bertz CT molecular complexity index is 1380. The minimum atomic E-state index is -3.63. The van der Waals surface area contributed by atoms with E-state index in [4.69, 9.17) is 0 Å². The van der Waals surface area contributed by atoms with Crippen LogP contribution in [0.15, 0.2) is 52.4 Å². The molecule has 1 aliphatic heterocycles. The van der Waals surface area contributed by atoms with E-state index in [1.54, 1.807) is 42.1 Å². The lowest BCUT2D eigenvalue weighted by Gasteiger charge is -2.32. The fourth-order valence-electron chi connectivity index (χ4n) is 4.31. The summed E-state index contributed by atoms with van der Waals surface area (Å²) in [6.45, 7) is 2.51. The molecule has 1 saturated heterocycles. The van der Waals surface area contributed by atoms with Gasteiger partial charge in [0.15, 0.2) is 0 Å². The van der Waals surface area contributed by atoms with Crippen molar-refractivity contribution in [2.45, 2.75) is 30.7 Å². The van der Waals surface area contributed by atoms with Gasteiger partial charge >= 0.3 is 5.69 Å². The predicted octanol–water partition coefficient (Wildman–Crippen LogP) is 2.54. The summed E-state index contributed by atoms with van der Waals surface area (Å²) in [5, 5.41) is 0.847. The van der Waals surface area contributed by atoms with E-state index in [0.29, 0.717) is 29.0 Å². The maximum atomic E-state index is 13.3. The zero-order valence-electron chi connectivity index (χ0n) is 15.9. The normalized spacial score (nSPS) is 18.6. The van der Waals surface area contributed by atoms with Crippen molar-refractivity contribution in [3.05, 3.63) is 58.8 Å². The van der Waals surface area contributed by atoms with Crippen LogP contribution in [0.5, 0.6) is 0 Å². The van der Waals surface area contributed by atoms with Gasteiger partial charge in [0, 0.05) is 24.7 Å². The first kappa shape index (κ1) is 18.1. The highest BCUT2D eigenvalue weighted by Crippen LogP contribution is 2.30. The summed E-state index contributed by atoms with van der Waals surface area (Å²) in [7, 11) is -3.63.